The minimum atomic E-state index is -1.39. The molecule has 1 spiro atoms. The third-order valence-corrected chi connectivity index (χ3v) is 11.5. The zero-order valence-corrected chi connectivity index (χ0v) is 34.9. The largest absolute Gasteiger partial charge is 0.489 e. The number of anilines is 1. The van der Waals surface area contributed by atoms with Crippen LogP contribution in [-0.2, 0) is 29.3 Å². The van der Waals surface area contributed by atoms with Crippen molar-refractivity contribution < 1.29 is 28.6 Å². The van der Waals surface area contributed by atoms with Gasteiger partial charge < -0.3 is 19.5 Å². The van der Waals surface area contributed by atoms with E-state index in [2.05, 4.69) is 54.1 Å². The molecule has 0 radical (unpaired) electrons. The van der Waals surface area contributed by atoms with Crippen LogP contribution in [0.1, 0.15) is 55.8 Å². The molecule has 0 aromatic heterocycles. The van der Waals surface area contributed by atoms with Crippen LogP contribution in [0.3, 0.4) is 0 Å². The average Bonchev–Trinajstić information content (AvgIpc) is 3.26. The minimum absolute atomic E-state index is 0.0116. The van der Waals surface area contributed by atoms with Crippen LogP contribution in [0.15, 0.2) is 73.3 Å². The zero-order chi connectivity index (χ0) is 37.7. The quantitative estimate of drug-likeness (QED) is 0.0947. The Morgan fingerprint density at radius 1 is 1.08 bits per heavy atom. The lowest BCUT2D eigenvalue weighted by atomic mass is 9.59. The molecule has 2 aliphatic heterocycles. The lowest BCUT2D eigenvalue weighted by Gasteiger charge is -2.47. The summed E-state index contributed by atoms with van der Waals surface area (Å²) in [6.45, 7) is 17.0. The van der Waals surface area contributed by atoms with Gasteiger partial charge in [-0.25, -0.2) is 0 Å². The van der Waals surface area contributed by atoms with Crippen LogP contribution < -0.4 is 15.0 Å². The molecule has 0 bridgehead atoms. The molecule has 3 aromatic rings. The standard InChI is InChI=1S/C33H31Cl2IN2O5.C6H16OSi/c1-5-13-42-27-12-10-22(36)16-23(27)30-33(25(17-28(39)37-30)19-7-6-8-20(34)14-19)24-11-9-21(35)15-26(24)38(31(33)41)18-29(40)43-32(2,3)4;1-7-5-6-8(2,3)4/h5-12,14-16,25,30H,1,13,17-18H2,2-4H3,(H,37,39);5-6H2,1-4H3/t25-,30+,33-;/m0./s1. The summed E-state index contributed by atoms with van der Waals surface area (Å²) in [5, 5.41) is 4.02. The summed E-state index contributed by atoms with van der Waals surface area (Å²) in [7, 11) is 0.961. The van der Waals surface area contributed by atoms with Gasteiger partial charge >= 0.3 is 5.97 Å². The van der Waals surface area contributed by atoms with Gasteiger partial charge in [0.1, 0.15) is 29.9 Å². The molecule has 1 fully saturated rings. The highest BCUT2D eigenvalue weighted by Gasteiger charge is 2.64. The highest BCUT2D eigenvalue weighted by Crippen LogP contribution is 2.60. The van der Waals surface area contributed by atoms with Crippen molar-refractivity contribution in [2.24, 2.45) is 0 Å². The number of amides is 2. The highest BCUT2D eigenvalue weighted by molar-refractivity contribution is 14.1. The summed E-state index contributed by atoms with van der Waals surface area (Å²) >= 11 is 15.1. The van der Waals surface area contributed by atoms with E-state index in [1.165, 1.54) is 10.9 Å². The maximum Gasteiger partial charge on any atom is 0.326 e. The number of halogens is 3. The van der Waals surface area contributed by atoms with Crippen LogP contribution in [0.5, 0.6) is 5.75 Å². The fraction of sp³-hybridized carbons (Fsp3) is 0.410. The first-order chi connectivity index (χ1) is 23.9. The van der Waals surface area contributed by atoms with Gasteiger partial charge in [0.05, 0.1) is 11.7 Å². The predicted molar refractivity (Wildman–Crippen MR) is 216 cm³/mol. The van der Waals surface area contributed by atoms with E-state index in [4.69, 9.17) is 37.4 Å². The number of methoxy groups -OCH3 is 1. The first-order valence-electron chi connectivity index (χ1n) is 16.8. The number of rotatable bonds is 10. The van der Waals surface area contributed by atoms with Crippen LogP contribution in [0.25, 0.3) is 0 Å². The van der Waals surface area contributed by atoms with E-state index in [1.807, 2.05) is 30.3 Å². The van der Waals surface area contributed by atoms with E-state index in [0.29, 0.717) is 32.6 Å². The molecule has 1 N–H and O–H groups in total. The molecule has 274 valence electrons. The Kier molecular flexibility index (Phi) is 13.5. The molecule has 3 atom stereocenters. The van der Waals surface area contributed by atoms with Crippen molar-refractivity contribution in [3.63, 3.8) is 0 Å². The van der Waals surface area contributed by atoms with Crippen LogP contribution in [0, 0.1) is 3.57 Å². The molecule has 1 saturated heterocycles. The molecule has 0 aliphatic carbocycles. The second-order valence-electron chi connectivity index (χ2n) is 14.9. The summed E-state index contributed by atoms with van der Waals surface area (Å²) in [5.74, 6) is -1.30. The van der Waals surface area contributed by atoms with Crippen molar-refractivity contribution in [2.45, 2.75) is 75.9 Å². The number of carbonyl (C=O) groups excluding carboxylic acids is 3. The second-order valence-corrected chi connectivity index (χ2v) is 22.6. The number of nitrogens with zero attached hydrogens (tertiary/aromatic N) is 1. The Morgan fingerprint density at radius 3 is 2.39 bits per heavy atom. The van der Waals surface area contributed by atoms with Gasteiger partial charge in [-0.3, -0.25) is 19.3 Å². The van der Waals surface area contributed by atoms with E-state index >= 15 is 4.79 Å². The fourth-order valence-electron chi connectivity index (χ4n) is 6.54. The van der Waals surface area contributed by atoms with Gasteiger partial charge in [-0.15, -0.1) is 0 Å². The maximum atomic E-state index is 15.2. The average molecular weight is 866 g/mol. The normalized spacial score (nSPS) is 19.9. The molecular formula is C39H47Cl2IN2O6Si. The van der Waals surface area contributed by atoms with Crippen molar-refractivity contribution in [3.8, 4) is 5.75 Å². The molecule has 2 amide bonds. The zero-order valence-electron chi connectivity index (χ0n) is 30.3. The van der Waals surface area contributed by atoms with Crippen molar-refractivity contribution in [1.29, 1.82) is 0 Å². The number of benzene rings is 3. The molecule has 2 heterocycles. The summed E-state index contributed by atoms with van der Waals surface area (Å²) < 4.78 is 17.5. The Bertz CT molecular complexity index is 1770. The van der Waals surface area contributed by atoms with Crippen molar-refractivity contribution in [3.05, 3.63) is 104 Å². The van der Waals surface area contributed by atoms with Gasteiger partial charge in [0.2, 0.25) is 11.8 Å². The van der Waals surface area contributed by atoms with Gasteiger partial charge in [-0.2, -0.15) is 0 Å². The summed E-state index contributed by atoms with van der Waals surface area (Å²) in [5.41, 5.74) is 0.321. The van der Waals surface area contributed by atoms with Gasteiger partial charge in [-0.05, 0) is 103 Å². The smallest absolute Gasteiger partial charge is 0.326 e. The lowest BCUT2D eigenvalue weighted by Crippen LogP contribution is -2.58. The van der Waals surface area contributed by atoms with Gasteiger partial charge in [-0.1, -0.05) is 73.7 Å². The predicted octanol–water partition coefficient (Wildman–Crippen LogP) is 9.10. The summed E-state index contributed by atoms with van der Waals surface area (Å²) in [4.78, 5) is 43.3. The van der Waals surface area contributed by atoms with Crippen LogP contribution >= 0.6 is 45.8 Å². The number of hydrogen-bond acceptors (Lipinski definition) is 6. The van der Waals surface area contributed by atoms with Crippen molar-refractivity contribution in [1.82, 2.24) is 5.32 Å². The van der Waals surface area contributed by atoms with Crippen LogP contribution in [-0.4, -0.2) is 58.3 Å². The summed E-state index contributed by atoms with van der Waals surface area (Å²) in [6.07, 6.45) is 1.64. The third-order valence-electron chi connectivity index (χ3n) is 8.65. The lowest BCUT2D eigenvalue weighted by molar-refractivity contribution is -0.154. The Labute approximate surface area is 326 Å². The van der Waals surface area contributed by atoms with Crippen LogP contribution in [0.2, 0.25) is 35.7 Å². The fourth-order valence-corrected chi connectivity index (χ4v) is 8.24. The SMILES string of the molecule is C=CCOc1ccc(I)cc1[C@H]1NC(=O)C[C@@H](c2cccc(Cl)c2)[C@]12C(=O)N(CC(=O)OC(C)(C)C)c1cc(Cl)ccc12.COCC[Si](C)(C)C. The Hall–Kier alpha value is -2.90. The van der Waals surface area contributed by atoms with E-state index in [-0.39, 0.29) is 31.4 Å². The van der Waals surface area contributed by atoms with Gasteiger partial charge in [0.15, 0.2) is 0 Å². The molecule has 8 nitrogen and oxygen atoms in total. The number of fused-ring (bicyclic) bond motifs is 2. The van der Waals surface area contributed by atoms with E-state index in [0.717, 1.165) is 15.7 Å². The first kappa shape index (κ1) is 40.9. The number of piperidine rings is 1. The Balaban J connectivity index is 0.000000652. The van der Waals surface area contributed by atoms with E-state index < -0.39 is 37.0 Å². The topological polar surface area (TPSA) is 94.2 Å². The number of hydrogen-bond donors (Lipinski definition) is 1. The van der Waals surface area contributed by atoms with Crippen molar-refractivity contribution >= 4 is 77.3 Å². The Morgan fingerprint density at radius 2 is 1.78 bits per heavy atom. The number of carbonyl (C=O) groups is 3. The summed E-state index contributed by atoms with van der Waals surface area (Å²) in [6, 6.07) is 18.5. The van der Waals surface area contributed by atoms with E-state index in [9.17, 15) is 9.59 Å². The van der Waals surface area contributed by atoms with Gasteiger partial charge in [0, 0.05) is 53.3 Å². The monoisotopic (exact) mass is 864 g/mol. The highest BCUT2D eigenvalue weighted by atomic mass is 127. The van der Waals surface area contributed by atoms with Crippen molar-refractivity contribution in [2.75, 3.05) is 31.8 Å². The second kappa shape index (κ2) is 16.8. The molecule has 51 heavy (non-hydrogen) atoms. The molecular weight excluding hydrogens is 818 g/mol. The molecule has 5 rings (SSSR count). The minimum Gasteiger partial charge on any atom is -0.489 e. The first-order valence-corrected chi connectivity index (χ1v) is 22.4. The number of ether oxygens (including phenoxy) is 3. The molecule has 0 unspecified atom stereocenters. The maximum absolute atomic E-state index is 15.2. The molecule has 2 aliphatic rings. The third kappa shape index (κ3) is 9.75. The van der Waals surface area contributed by atoms with Crippen LogP contribution in [0.4, 0.5) is 5.69 Å². The van der Waals surface area contributed by atoms with E-state index in [1.54, 1.807) is 64.3 Å². The molecule has 0 saturated carbocycles. The number of nitrogens with one attached hydrogen (secondary N) is 1. The molecule has 12 heteroatoms. The molecule has 3 aromatic carbocycles. The number of esters is 1. The van der Waals surface area contributed by atoms with Gasteiger partial charge in [0.25, 0.3) is 0 Å².